The van der Waals surface area contributed by atoms with Gasteiger partial charge >= 0.3 is 0 Å². The van der Waals surface area contributed by atoms with Crippen LogP contribution in [0.15, 0.2) is 65.7 Å². The molecule has 258 valence electrons. The second kappa shape index (κ2) is 13.9. The summed E-state index contributed by atoms with van der Waals surface area (Å²) in [5, 5.41) is 22.2. The van der Waals surface area contributed by atoms with Gasteiger partial charge < -0.3 is 31.3 Å². The molecule has 3 aliphatic rings. The molecule has 1 aromatic heterocycles. The van der Waals surface area contributed by atoms with Crippen molar-refractivity contribution in [3.63, 3.8) is 0 Å². The van der Waals surface area contributed by atoms with Gasteiger partial charge in [-0.25, -0.2) is 13.8 Å². The smallest absolute Gasteiger partial charge is 0.280 e. The Kier molecular flexibility index (Phi) is 9.84. The Morgan fingerprint density at radius 3 is 2.50 bits per heavy atom. The zero-order valence-electron chi connectivity index (χ0n) is 26.9. The number of nitrogens with two attached hydrogens (primary N) is 2. The van der Waals surface area contributed by atoms with Gasteiger partial charge in [-0.2, -0.15) is 0 Å². The van der Waals surface area contributed by atoms with Gasteiger partial charge in [0.2, 0.25) is 17.7 Å². The number of nitrogens with zero attached hydrogens (tertiary/aromatic N) is 4. The van der Waals surface area contributed by atoms with Crippen molar-refractivity contribution in [2.45, 2.75) is 87.7 Å². The molecule has 0 spiro atoms. The number of amides is 1. The molecule has 1 saturated carbocycles. The van der Waals surface area contributed by atoms with E-state index in [1.165, 1.54) is 10.9 Å². The molecule has 2 aliphatic heterocycles. The van der Waals surface area contributed by atoms with Crippen molar-refractivity contribution < 1.29 is 28.5 Å². The number of ether oxygens (including phenoxy) is 1. The minimum absolute atomic E-state index is 0.0584. The van der Waals surface area contributed by atoms with E-state index in [1.807, 2.05) is 12.1 Å². The Hall–Kier alpha value is -3.91. The number of likely N-dealkylation sites (tertiary alicyclic amines) is 2. The average Bonchev–Trinajstić information content (AvgIpc) is 3.08. The highest BCUT2D eigenvalue weighted by Crippen LogP contribution is 2.47. The van der Waals surface area contributed by atoms with E-state index < -0.39 is 47.6 Å². The van der Waals surface area contributed by atoms with Crippen LogP contribution in [-0.4, -0.2) is 78.9 Å². The molecule has 11 nitrogen and oxygen atoms in total. The number of aliphatic hydroxyl groups excluding tert-OH is 1. The van der Waals surface area contributed by atoms with Crippen molar-refractivity contribution in [1.82, 2.24) is 19.4 Å². The molecule has 2 aromatic carbocycles. The van der Waals surface area contributed by atoms with Crippen molar-refractivity contribution >= 4 is 11.6 Å². The topological polar surface area (TPSA) is 160 Å². The molecule has 1 aliphatic carbocycles. The Morgan fingerprint density at radius 2 is 1.77 bits per heavy atom. The van der Waals surface area contributed by atoms with Gasteiger partial charge in [-0.1, -0.05) is 42.5 Å². The fraction of sp³-hybridized carbons (Fsp3) is 0.514. The molecule has 0 radical (unpaired) electrons. The van der Waals surface area contributed by atoms with E-state index in [-0.39, 0.29) is 56.2 Å². The van der Waals surface area contributed by atoms with Crippen molar-refractivity contribution in [3.05, 3.63) is 82.4 Å². The van der Waals surface area contributed by atoms with Crippen LogP contribution in [0, 0.1) is 5.92 Å². The second-order valence-corrected chi connectivity index (χ2v) is 13.5. The lowest BCUT2D eigenvalue weighted by atomic mass is 9.72. The summed E-state index contributed by atoms with van der Waals surface area (Å²) in [6.07, 6.45) is 0.859. The van der Waals surface area contributed by atoms with Crippen LogP contribution in [0.4, 0.5) is 14.5 Å². The minimum Gasteiger partial charge on any atom is -0.437 e. The van der Waals surface area contributed by atoms with Gasteiger partial charge in [-0.3, -0.25) is 19.1 Å². The maximum Gasteiger partial charge on any atom is 0.280 e. The number of hydrogen-bond acceptors (Lipinski definition) is 9. The summed E-state index contributed by atoms with van der Waals surface area (Å²) in [5.41, 5.74) is 11.2. The number of aliphatic hydroxyl groups is 2. The molecule has 2 unspecified atom stereocenters. The van der Waals surface area contributed by atoms with Crippen LogP contribution in [0.25, 0.3) is 0 Å². The molecule has 2 saturated heterocycles. The zero-order valence-corrected chi connectivity index (χ0v) is 26.9. The van der Waals surface area contributed by atoms with Crippen molar-refractivity contribution in [2.75, 3.05) is 25.4 Å². The summed E-state index contributed by atoms with van der Waals surface area (Å²) >= 11 is 0. The molecule has 1 amide bonds. The quantitative estimate of drug-likeness (QED) is 0.283. The molecule has 13 heteroatoms. The molecule has 48 heavy (non-hydrogen) atoms. The Balaban J connectivity index is 1.24. The highest BCUT2D eigenvalue weighted by Gasteiger charge is 2.49. The molecule has 3 fully saturated rings. The summed E-state index contributed by atoms with van der Waals surface area (Å²) < 4.78 is 36.5. The number of aromatic nitrogens is 2. The molecular formula is C35H44F2N6O5. The van der Waals surface area contributed by atoms with Gasteiger partial charge in [0.05, 0.1) is 24.4 Å². The number of anilines is 1. The van der Waals surface area contributed by atoms with Gasteiger partial charge in [-0.15, -0.1) is 0 Å². The maximum absolute atomic E-state index is 14.7. The van der Waals surface area contributed by atoms with E-state index in [0.717, 1.165) is 5.56 Å². The number of rotatable bonds is 8. The highest BCUT2D eigenvalue weighted by molar-refractivity contribution is 5.80. The lowest BCUT2D eigenvalue weighted by Crippen LogP contribution is -2.63. The number of benzene rings is 2. The van der Waals surface area contributed by atoms with E-state index in [9.17, 15) is 28.6 Å². The third-order valence-electron chi connectivity index (χ3n) is 10.2. The molecule has 6 N–H and O–H groups in total. The Bertz CT molecular complexity index is 1650. The second-order valence-electron chi connectivity index (χ2n) is 13.5. The predicted molar refractivity (Wildman–Crippen MR) is 175 cm³/mol. The van der Waals surface area contributed by atoms with Crippen LogP contribution in [0.2, 0.25) is 0 Å². The number of hydrogen-bond donors (Lipinski definition) is 4. The summed E-state index contributed by atoms with van der Waals surface area (Å²) in [4.78, 5) is 35.8. The maximum atomic E-state index is 14.7. The third-order valence-corrected chi connectivity index (χ3v) is 10.2. The van der Waals surface area contributed by atoms with Crippen LogP contribution < -0.4 is 21.8 Å². The van der Waals surface area contributed by atoms with Gasteiger partial charge in [0.1, 0.15) is 12.1 Å². The van der Waals surface area contributed by atoms with Gasteiger partial charge in [0.25, 0.3) is 5.56 Å². The zero-order chi connectivity index (χ0) is 34.1. The van der Waals surface area contributed by atoms with Crippen LogP contribution in [0.3, 0.4) is 0 Å². The minimum atomic E-state index is -2.86. The van der Waals surface area contributed by atoms with E-state index in [0.29, 0.717) is 43.8 Å². The molecule has 6 rings (SSSR count). The normalized spacial score (nSPS) is 26.7. The number of carbonyl (C=O) groups excluding carboxylic acids is 1. The van der Waals surface area contributed by atoms with Crippen molar-refractivity contribution in [2.24, 2.45) is 11.7 Å². The highest BCUT2D eigenvalue weighted by atomic mass is 19.3. The van der Waals surface area contributed by atoms with E-state index in [4.69, 9.17) is 16.2 Å². The number of halogens is 2. The number of piperidine rings is 2. The number of alkyl halides is 2. The van der Waals surface area contributed by atoms with E-state index in [1.54, 1.807) is 47.4 Å². The summed E-state index contributed by atoms with van der Waals surface area (Å²) in [7, 11) is 0. The first kappa shape index (κ1) is 34.0. The number of carbonyl (C=O) groups is 1. The van der Waals surface area contributed by atoms with Crippen LogP contribution in [0.1, 0.15) is 62.0 Å². The van der Waals surface area contributed by atoms with Crippen LogP contribution >= 0.6 is 0 Å². The van der Waals surface area contributed by atoms with Crippen LogP contribution in [-0.2, 0) is 17.9 Å². The van der Waals surface area contributed by atoms with Crippen molar-refractivity contribution in [3.8, 4) is 11.6 Å². The lowest BCUT2D eigenvalue weighted by molar-refractivity contribution is -0.161. The Labute approximate surface area is 278 Å². The van der Waals surface area contributed by atoms with E-state index in [2.05, 4.69) is 9.88 Å². The fourth-order valence-corrected chi connectivity index (χ4v) is 7.48. The van der Waals surface area contributed by atoms with Crippen LogP contribution in [0.5, 0.6) is 11.6 Å². The standard InChI is InChI=1S/C35H44F2N6O5/c36-35(37)12-9-27(28(18-35)24-6-2-1-3-7-24)32(45)43-16-13-34(47,19-29(43)41-14-10-25(44)11-15-41)21-42-22-40-31(30(39)33(42)46)48-26-8-4-5-23(17-26)20-38/h1-8,17,22,25,27-29,44,47H,9-16,18-21,38-39H2/t27-,28+,29?,34?/m1/s1. The summed E-state index contributed by atoms with van der Waals surface area (Å²) in [5.74, 6) is -3.98. The first-order valence-electron chi connectivity index (χ1n) is 16.6. The summed E-state index contributed by atoms with van der Waals surface area (Å²) in [6.45, 7) is 1.37. The predicted octanol–water partition coefficient (Wildman–Crippen LogP) is 3.43. The fourth-order valence-electron chi connectivity index (χ4n) is 7.48. The first-order valence-corrected chi connectivity index (χ1v) is 16.6. The van der Waals surface area contributed by atoms with Crippen molar-refractivity contribution in [1.29, 1.82) is 0 Å². The SMILES string of the molecule is NCc1cccc(Oc2ncn(CC3(O)CCN(C(=O)[C@@H]4CCC(F)(F)C[C@H]4c4ccccc4)C(N4CCC(O)CC4)C3)c(=O)c2N)c1. The molecule has 0 bridgehead atoms. The molecular weight excluding hydrogens is 622 g/mol. The Morgan fingerprint density at radius 1 is 1.02 bits per heavy atom. The van der Waals surface area contributed by atoms with E-state index >= 15 is 0 Å². The summed E-state index contributed by atoms with van der Waals surface area (Å²) in [6, 6.07) is 16.1. The lowest BCUT2D eigenvalue weighted by Gasteiger charge is -2.51. The van der Waals surface area contributed by atoms with Gasteiger partial charge in [0.15, 0.2) is 5.69 Å². The van der Waals surface area contributed by atoms with Gasteiger partial charge in [-0.05, 0) is 48.9 Å². The van der Waals surface area contributed by atoms with Gasteiger partial charge in [0, 0.05) is 57.3 Å². The average molecular weight is 667 g/mol. The molecule has 3 aromatic rings. The monoisotopic (exact) mass is 666 g/mol. The number of nitrogen functional groups attached to an aromatic ring is 1. The first-order chi connectivity index (χ1) is 22.9. The molecule has 4 atom stereocenters. The largest absolute Gasteiger partial charge is 0.437 e. The molecule has 3 heterocycles. The third kappa shape index (κ3) is 7.39.